The number of benzene rings is 4. The first kappa shape index (κ1) is 11.5. The van der Waals surface area contributed by atoms with Gasteiger partial charge >= 0.3 is 0 Å². The van der Waals surface area contributed by atoms with Gasteiger partial charge < -0.3 is 0 Å². The minimum Gasteiger partial charge on any atom is -0.0613 e. The minimum absolute atomic E-state index is 1.31. The Labute approximate surface area is 118 Å². The molecule has 0 spiro atoms. The van der Waals surface area contributed by atoms with Crippen LogP contribution in [0.15, 0.2) is 60.7 Å². The Hall–Kier alpha value is -2.34. The van der Waals surface area contributed by atoms with Crippen molar-refractivity contribution in [2.24, 2.45) is 0 Å². The molecule has 0 saturated carbocycles. The predicted octanol–water partition coefficient (Wildman–Crippen LogP) is 5.76. The SMILES string of the molecule is Cc1ccc2cc3ccc4c(C)cccc4c3cc2c1. The van der Waals surface area contributed by atoms with E-state index in [4.69, 9.17) is 0 Å². The van der Waals surface area contributed by atoms with Crippen LogP contribution in [-0.4, -0.2) is 0 Å². The lowest BCUT2D eigenvalue weighted by atomic mass is 9.96. The van der Waals surface area contributed by atoms with Crippen LogP contribution in [0.3, 0.4) is 0 Å². The standard InChI is InChI=1S/C20H16/c1-13-6-7-15-11-16-8-9-18-14(2)4-3-5-19(18)20(16)12-17(15)10-13/h3-12H,1-2H3. The molecule has 4 aromatic carbocycles. The largest absolute Gasteiger partial charge is 0.0613 e. The summed E-state index contributed by atoms with van der Waals surface area (Å²) in [4.78, 5) is 0. The van der Waals surface area contributed by atoms with E-state index in [2.05, 4.69) is 74.5 Å². The van der Waals surface area contributed by atoms with Crippen molar-refractivity contribution in [2.75, 3.05) is 0 Å². The quantitative estimate of drug-likeness (QED) is 0.277. The lowest BCUT2D eigenvalue weighted by Crippen LogP contribution is -1.83. The van der Waals surface area contributed by atoms with Gasteiger partial charge in [-0.15, -0.1) is 0 Å². The van der Waals surface area contributed by atoms with Crippen LogP contribution >= 0.6 is 0 Å². The highest BCUT2D eigenvalue weighted by atomic mass is 14.1. The Kier molecular flexibility index (Phi) is 2.34. The van der Waals surface area contributed by atoms with Gasteiger partial charge in [-0.3, -0.25) is 0 Å². The molecule has 0 heterocycles. The summed E-state index contributed by atoms with van der Waals surface area (Å²) in [5.41, 5.74) is 2.65. The van der Waals surface area contributed by atoms with Crippen molar-refractivity contribution in [3.05, 3.63) is 71.8 Å². The maximum absolute atomic E-state index is 2.33. The third kappa shape index (κ3) is 1.61. The van der Waals surface area contributed by atoms with E-state index >= 15 is 0 Å². The third-order valence-electron chi connectivity index (χ3n) is 4.21. The molecule has 0 radical (unpaired) electrons. The summed E-state index contributed by atoms with van der Waals surface area (Å²) < 4.78 is 0. The normalized spacial score (nSPS) is 11.5. The molecule has 96 valence electrons. The van der Waals surface area contributed by atoms with Crippen LogP contribution in [0.25, 0.3) is 32.3 Å². The maximum Gasteiger partial charge on any atom is -0.00989 e. The molecule has 0 aliphatic heterocycles. The lowest BCUT2D eigenvalue weighted by molar-refractivity contribution is 1.51. The van der Waals surface area contributed by atoms with E-state index in [0.717, 1.165) is 0 Å². The zero-order valence-electron chi connectivity index (χ0n) is 11.8. The number of hydrogen-bond donors (Lipinski definition) is 0. The van der Waals surface area contributed by atoms with Gasteiger partial charge in [-0.2, -0.15) is 0 Å². The topological polar surface area (TPSA) is 0 Å². The molecule has 0 bridgehead atoms. The highest BCUT2D eigenvalue weighted by molar-refractivity contribution is 6.12. The second-order valence-electron chi connectivity index (χ2n) is 5.66. The lowest BCUT2D eigenvalue weighted by Gasteiger charge is -2.08. The Morgan fingerprint density at radius 1 is 0.550 bits per heavy atom. The molecular formula is C20H16. The zero-order valence-corrected chi connectivity index (χ0v) is 11.8. The van der Waals surface area contributed by atoms with Crippen LogP contribution in [0.5, 0.6) is 0 Å². The number of aryl methyl sites for hydroxylation is 2. The number of hydrogen-bond acceptors (Lipinski definition) is 0. The van der Waals surface area contributed by atoms with Crippen molar-refractivity contribution in [1.29, 1.82) is 0 Å². The van der Waals surface area contributed by atoms with Crippen LogP contribution in [0.1, 0.15) is 11.1 Å². The maximum atomic E-state index is 2.33. The Morgan fingerprint density at radius 3 is 2.30 bits per heavy atom. The highest BCUT2D eigenvalue weighted by Gasteiger charge is 2.04. The van der Waals surface area contributed by atoms with Crippen molar-refractivity contribution < 1.29 is 0 Å². The summed E-state index contributed by atoms with van der Waals surface area (Å²) >= 11 is 0. The monoisotopic (exact) mass is 256 g/mol. The van der Waals surface area contributed by atoms with E-state index < -0.39 is 0 Å². The summed E-state index contributed by atoms with van der Waals surface area (Å²) in [5.74, 6) is 0. The van der Waals surface area contributed by atoms with Crippen molar-refractivity contribution in [1.82, 2.24) is 0 Å². The Bertz CT molecular complexity index is 962. The first-order chi connectivity index (χ1) is 9.72. The van der Waals surface area contributed by atoms with Gasteiger partial charge in [0.25, 0.3) is 0 Å². The first-order valence-corrected chi connectivity index (χ1v) is 7.05. The van der Waals surface area contributed by atoms with Crippen LogP contribution < -0.4 is 0 Å². The van der Waals surface area contributed by atoms with Crippen LogP contribution in [-0.2, 0) is 0 Å². The van der Waals surface area contributed by atoms with Gasteiger partial charge in [0.2, 0.25) is 0 Å². The van der Waals surface area contributed by atoms with Gasteiger partial charge in [-0.05, 0) is 63.9 Å². The summed E-state index contributed by atoms with van der Waals surface area (Å²) in [6.45, 7) is 4.33. The van der Waals surface area contributed by atoms with E-state index in [9.17, 15) is 0 Å². The highest BCUT2D eigenvalue weighted by Crippen LogP contribution is 2.31. The minimum atomic E-state index is 1.31. The molecule has 0 atom stereocenters. The summed E-state index contributed by atoms with van der Waals surface area (Å²) in [7, 11) is 0. The van der Waals surface area contributed by atoms with Crippen molar-refractivity contribution in [3.8, 4) is 0 Å². The molecule has 20 heavy (non-hydrogen) atoms. The molecule has 0 unspecified atom stereocenters. The molecule has 0 aliphatic carbocycles. The van der Waals surface area contributed by atoms with E-state index in [-0.39, 0.29) is 0 Å². The molecule has 0 nitrogen and oxygen atoms in total. The fourth-order valence-electron chi connectivity index (χ4n) is 3.12. The number of rotatable bonds is 0. The van der Waals surface area contributed by atoms with Gasteiger partial charge in [-0.25, -0.2) is 0 Å². The van der Waals surface area contributed by atoms with Crippen LogP contribution in [0, 0.1) is 13.8 Å². The van der Waals surface area contributed by atoms with Gasteiger partial charge in [-0.1, -0.05) is 54.1 Å². The second-order valence-corrected chi connectivity index (χ2v) is 5.66. The van der Waals surface area contributed by atoms with Gasteiger partial charge in [0.1, 0.15) is 0 Å². The molecule has 0 saturated heterocycles. The van der Waals surface area contributed by atoms with Gasteiger partial charge in [0.05, 0.1) is 0 Å². The van der Waals surface area contributed by atoms with E-state index in [1.807, 2.05) is 0 Å². The fraction of sp³-hybridized carbons (Fsp3) is 0.100. The van der Waals surface area contributed by atoms with Crippen molar-refractivity contribution >= 4 is 32.3 Å². The summed E-state index contributed by atoms with van der Waals surface area (Å²) in [5, 5.41) is 8.02. The Balaban J connectivity index is 2.23. The first-order valence-electron chi connectivity index (χ1n) is 7.05. The molecule has 0 fully saturated rings. The molecule has 0 amide bonds. The molecule has 4 rings (SSSR count). The van der Waals surface area contributed by atoms with Crippen molar-refractivity contribution in [2.45, 2.75) is 13.8 Å². The molecule has 0 aliphatic rings. The average molecular weight is 256 g/mol. The van der Waals surface area contributed by atoms with Gasteiger partial charge in [0.15, 0.2) is 0 Å². The third-order valence-corrected chi connectivity index (χ3v) is 4.21. The fourth-order valence-corrected chi connectivity index (χ4v) is 3.12. The zero-order chi connectivity index (χ0) is 13.7. The van der Waals surface area contributed by atoms with E-state index in [1.165, 1.54) is 43.4 Å². The average Bonchev–Trinajstić information content (AvgIpc) is 2.45. The molecule has 4 aromatic rings. The van der Waals surface area contributed by atoms with Crippen LogP contribution in [0.2, 0.25) is 0 Å². The summed E-state index contributed by atoms with van der Waals surface area (Å²) in [6.07, 6.45) is 0. The second kappa shape index (κ2) is 4.08. The van der Waals surface area contributed by atoms with E-state index in [0.29, 0.717) is 0 Å². The van der Waals surface area contributed by atoms with Crippen LogP contribution in [0.4, 0.5) is 0 Å². The van der Waals surface area contributed by atoms with Gasteiger partial charge in [0, 0.05) is 0 Å². The molecule has 0 aromatic heterocycles. The predicted molar refractivity (Wildman–Crippen MR) is 88.4 cm³/mol. The van der Waals surface area contributed by atoms with Crippen molar-refractivity contribution in [3.63, 3.8) is 0 Å². The number of fused-ring (bicyclic) bond motifs is 4. The molecule has 0 heteroatoms. The van der Waals surface area contributed by atoms with E-state index in [1.54, 1.807) is 0 Å². The molecule has 0 N–H and O–H groups in total. The Morgan fingerprint density at radius 2 is 1.40 bits per heavy atom. The summed E-state index contributed by atoms with van der Waals surface area (Å²) in [6, 6.07) is 22.3. The smallest absolute Gasteiger partial charge is 0.00989 e. The molecular weight excluding hydrogens is 240 g/mol.